The molecule has 108 valence electrons. The lowest BCUT2D eigenvalue weighted by molar-refractivity contribution is 0.103. The van der Waals surface area contributed by atoms with Crippen molar-refractivity contribution in [3.05, 3.63) is 42.1 Å². The summed E-state index contributed by atoms with van der Waals surface area (Å²) in [7, 11) is 0. The number of nitrogens with zero attached hydrogens (tertiary/aromatic N) is 2. The summed E-state index contributed by atoms with van der Waals surface area (Å²) in [6.45, 7) is 9.12. The number of fused-ring (bicyclic) bond motifs is 1. The fourth-order valence-corrected chi connectivity index (χ4v) is 2.57. The normalized spacial score (nSPS) is 14.7. The Balaban J connectivity index is 2.25. The molecule has 0 aliphatic rings. The summed E-state index contributed by atoms with van der Waals surface area (Å²) in [5.41, 5.74) is 8.19. The number of nitrogens with two attached hydrogens (primary N) is 1. The maximum Gasteiger partial charge on any atom is 0.0705 e. The molecule has 0 saturated heterocycles. The van der Waals surface area contributed by atoms with Gasteiger partial charge < -0.3 is 5.73 Å². The van der Waals surface area contributed by atoms with E-state index in [1.54, 1.807) is 0 Å². The number of aromatic nitrogens is 1. The van der Waals surface area contributed by atoms with Gasteiger partial charge in [-0.1, -0.05) is 38.1 Å². The van der Waals surface area contributed by atoms with E-state index in [0.717, 1.165) is 30.7 Å². The Hall–Kier alpha value is -1.45. The van der Waals surface area contributed by atoms with E-state index in [2.05, 4.69) is 49.9 Å². The highest BCUT2D eigenvalue weighted by Gasteiger charge is 2.27. The molecule has 1 heterocycles. The minimum atomic E-state index is 0.0437. The minimum absolute atomic E-state index is 0.0437. The number of benzene rings is 1. The van der Waals surface area contributed by atoms with Gasteiger partial charge in [-0.25, -0.2) is 0 Å². The Labute approximate surface area is 121 Å². The van der Waals surface area contributed by atoms with Gasteiger partial charge in [-0.3, -0.25) is 9.88 Å². The zero-order valence-corrected chi connectivity index (χ0v) is 12.8. The molecule has 0 radical (unpaired) electrons. The van der Waals surface area contributed by atoms with E-state index in [-0.39, 0.29) is 5.54 Å². The SMILES string of the molecule is CCN(Cc1ccc2ccccc2n1)C(C)(CC)CN. The third-order valence-corrected chi connectivity index (χ3v) is 4.36. The van der Waals surface area contributed by atoms with Crippen LogP contribution in [0.15, 0.2) is 36.4 Å². The lowest BCUT2D eigenvalue weighted by Gasteiger charge is -2.39. The van der Waals surface area contributed by atoms with Gasteiger partial charge in [0.25, 0.3) is 0 Å². The molecule has 0 bridgehead atoms. The summed E-state index contributed by atoms with van der Waals surface area (Å²) in [6.07, 6.45) is 1.05. The summed E-state index contributed by atoms with van der Waals surface area (Å²) >= 11 is 0. The predicted octanol–water partition coefficient (Wildman–Crippen LogP) is 3.18. The van der Waals surface area contributed by atoms with Crippen molar-refractivity contribution in [2.75, 3.05) is 13.1 Å². The zero-order valence-electron chi connectivity index (χ0n) is 12.8. The second-order valence-corrected chi connectivity index (χ2v) is 5.56. The molecule has 20 heavy (non-hydrogen) atoms. The first-order chi connectivity index (χ1) is 9.62. The third kappa shape index (κ3) is 3.00. The Kier molecular flexibility index (Phi) is 4.73. The van der Waals surface area contributed by atoms with E-state index in [9.17, 15) is 0 Å². The number of rotatable bonds is 6. The summed E-state index contributed by atoms with van der Waals surface area (Å²) < 4.78 is 0. The molecule has 0 spiro atoms. The highest BCUT2D eigenvalue weighted by molar-refractivity contribution is 5.78. The van der Waals surface area contributed by atoms with Crippen molar-refractivity contribution in [1.82, 2.24) is 9.88 Å². The fourth-order valence-electron chi connectivity index (χ4n) is 2.57. The largest absolute Gasteiger partial charge is 0.329 e. The van der Waals surface area contributed by atoms with Crippen molar-refractivity contribution in [3.63, 3.8) is 0 Å². The molecule has 2 rings (SSSR count). The quantitative estimate of drug-likeness (QED) is 0.877. The van der Waals surface area contributed by atoms with E-state index in [1.807, 2.05) is 12.1 Å². The topological polar surface area (TPSA) is 42.2 Å². The summed E-state index contributed by atoms with van der Waals surface area (Å²) in [6, 6.07) is 12.5. The van der Waals surface area contributed by atoms with Crippen LogP contribution in [0, 0.1) is 0 Å². The van der Waals surface area contributed by atoms with Crippen LogP contribution in [0.3, 0.4) is 0 Å². The summed E-state index contributed by atoms with van der Waals surface area (Å²) in [4.78, 5) is 7.18. The zero-order chi connectivity index (χ0) is 14.6. The standard InChI is InChI=1S/C17H25N3/c1-4-17(3,13-18)20(5-2)12-15-11-10-14-8-6-7-9-16(14)19-15/h6-11H,4-5,12-13,18H2,1-3H3. The van der Waals surface area contributed by atoms with Crippen LogP contribution in [0.2, 0.25) is 0 Å². The second-order valence-electron chi connectivity index (χ2n) is 5.56. The van der Waals surface area contributed by atoms with Crippen molar-refractivity contribution in [2.24, 2.45) is 5.73 Å². The van der Waals surface area contributed by atoms with Crippen LogP contribution >= 0.6 is 0 Å². The van der Waals surface area contributed by atoms with Gasteiger partial charge in [0.05, 0.1) is 11.2 Å². The van der Waals surface area contributed by atoms with Gasteiger partial charge in [0.2, 0.25) is 0 Å². The van der Waals surface area contributed by atoms with Crippen LogP contribution in [0.25, 0.3) is 10.9 Å². The molecule has 0 amide bonds. The predicted molar refractivity (Wildman–Crippen MR) is 85.6 cm³/mol. The maximum absolute atomic E-state index is 5.98. The van der Waals surface area contributed by atoms with Crippen LogP contribution in [-0.4, -0.2) is 28.5 Å². The molecule has 2 aromatic rings. The average Bonchev–Trinajstić information content (AvgIpc) is 2.51. The van der Waals surface area contributed by atoms with Gasteiger partial charge in [0.15, 0.2) is 0 Å². The van der Waals surface area contributed by atoms with E-state index < -0.39 is 0 Å². The molecule has 2 N–H and O–H groups in total. The van der Waals surface area contributed by atoms with Gasteiger partial charge in [0, 0.05) is 24.0 Å². The second kappa shape index (κ2) is 6.33. The molecule has 0 aliphatic carbocycles. The molecule has 0 aliphatic heterocycles. The van der Waals surface area contributed by atoms with Crippen molar-refractivity contribution in [2.45, 2.75) is 39.3 Å². The number of hydrogen-bond donors (Lipinski definition) is 1. The van der Waals surface area contributed by atoms with Gasteiger partial charge in [-0.05, 0) is 32.0 Å². The first-order valence-electron chi connectivity index (χ1n) is 7.42. The summed E-state index contributed by atoms with van der Waals surface area (Å²) in [5, 5.41) is 1.19. The number of para-hydroxylation sites is 1. The molecule has 3 nitrogen and oxygen atoms in total. The van der Waals surface area contributed by atoms with E-state index >= 15 is 0 Å². The Morgan fingerprint density at radius 1 is 1.15 bits per heavy atom. The number of likely N-dealkylation sites (N-methyl/N-ethyl adjacent to an activating group) is 1. The number of hydrogen-bond acceptors (Lipinski definition) is 3. The van der Waals surface area contributed by atoms with Crippen LogP contribution < -0.4 is 5.73 Å². The molecule has 1 atom stereocenters. The maximum atomic E-state index is 5.98. The molecule has 1 unspecified atom stereocenters. The fraction of sp³-hybridized carbons (Fsp3) is 0.471. The van der Waals surface area contributed by atoms with E-state index in [4.69, 9.17) is 10.7 Å². The Morgan fingerprint density at radius 3 is 2.55 bits per heavy atom. The minimum Gasteiger partial charge on any atom is -0.329 e. The van der Waals surface area contributed by atoms with Crippen LogP contribution in [0.4, 0.5) is 0 Å². The van der Waals surface area contributed by atoms with Crippen molar-refractivity contribution < 1.29 is 0 Å². The molecule has 1 aromatic heterocycles. The molecule has 1 aromatic carbocycles. The monoisotopic (exact) mass is 271 g/mol. The lowest BCUT2D eigenvalue weighted by Crippen LogP contribution is -2.50. The van der Waals surface area contributed by atoms with Gasteiger partial charge in [0.1, 0.15) is 0 Å². The van der Waals surface area contributed by atoms with Crippen molar-refractivity contribution >= 4 is 10.9 Å². The number of pyridine rings is 1. The van der Waals surface area contributed by atoms with Gasteiger partial charge in [-0.2, -0.15) is 0 Å². The molecule has 0 saturated carbocycles. The van der Waals surface area contributed by atoms with Crippen molar-refractivity contribution in [3.8, 4) is 0 Å². The van der Waals surface area contributed by atoms with Gasteiger partial charge >= 0.3 is 0 Å². The van der Waals surface area contributed by atoms with Crippen molar-refractivity contribution in [1.29, 1.82) is 0 Å². The lowest BCUT2D eigenvalue weighted by atomic mass is 9.96. The van der Waals surface area contributed by atoms with Gasteiger partial charge in [-0.15, -0.1) is 0 Å². The molecule has 0 fully saturated rings. The molecular formula is C17H25N3. The Bertz CT molecular complexity index is 561. The summed E-state index contributed by atoms with van der Waals surface area (Å²) in [5.74, 6) is 0. The van der Waals surface area contributed by atoms with E-state index in [1.165, 1.54) is 5.39 Å². The van der Waals surface area contributed by atoms with Crippen LogP contribution in [0.5, 0.6) is 0 Å². The smallest absolute Gasteiger partial charge is 0.0705 e. The molecular weight excluding hydrogens is 246 g/mol. The van der Waals surface area contributed by atoms with Crippen LogP contribution in [0.1, 0.15) is 32.9 Å². The Morgan fingerprint density at radius 2 is 1.90 bits per heavy atom. The first-order valence-corrected chi connectivity index (χ1v) is 7.42. The highest BCUT2D eigenvalue weighted by atomic mass is 15.2. The molecule has 3 heteroatoms. The first kappa shape index (κ1) is 14.9. The van der Waals surface area contributed by atoms with Crippen LogP contribution in [-0.2, 0) is 6.54 Å². The highest BCUT2D eigenvalue weighted by Crippen LogP contribution is 2.21. The van der Waals surface area contributed by atoms with E-state index in [0.29, 0.717) is 6.54 Å². The third-order valence-electron chi connectivity index (χ3n) is 4.36. The average molecular weight is 271 g/mol.